The summed E-state index contributed by atoms with van der Waals surface area (Å²) in [6.45, 7) is 25.5. The summed E-state index contributed by atoms with van der Waals surface area (Å²) in [5.41, 5.74) is 1.54. The van der Waals surface area contributed by atoms with E-state index in [0.29, 0.717) is 53.5 Å². The van der Waals surface area contributed by atoms with Crippen molar-refractivity contribution in [2.75, 3.05) is 6.61 Å². The summed E-state index contributed by atoms with van der Waals surface area (Å²) in [7, 11) is 0.730. The standard InChI is InChI=1S/C37H65O5PSi/c1-23(2)26(16-19-40-25(4)38)20-33(41-43)24(3)31-22-32(39)34-29-13-12-27-21-28(42-44(10,11)35(5,6)7)14-17-36(27,8)30(29)15-18-37(31,34)9/h22-24,26-30,33-34H,12-21,43H2,1-11H3/t24?,26?,27?,28-,29?,30?,33?,34?,36-,37+/m0/s1. The molecule has 5 nitrogen and oxygen atoms in total. The lowest BCUT2D eigenvalue weighted by molar-refractivity contribution is -0.142. The maximum absolute atomic E-state index is 14.0. The van der Waals surface area contributed by atoms with Gasteiger partial charge in [0, 0.05) is 34.3 Å². The Morgan fingerprint density at radius 3 is 2.36 bits per heavy atom. The molecule has 0 amide bonds. The van der Waals surface area contributed by atoms with Gasteiger partial charge in [-0.25, -0.2) is 0 Å². The van der Waals surface area contributed by atoms with Crippen molar-refractivity contribution in [1.29, 1.82) is 0 Å². The molecule has 3 fully saturated rings. The lowest BCUT2D eigenvalue weighted by Crippen LogP contribution is -2.56. The second-order valence-corrected chi connectivity index (χ2v) is 22.6. The average molecular weight is 649 g/mol. The molecule has 0 aromatic carbocycles. The van der Waals surface area contributed by atoms with Gasteiger partial charge in [-0.05, 0) is 122 Å². The number of allylic oxidation sites excluding steroid dienone is 1. The van der Waals surface area contributed by atoms with E-state index in [9.17, 15) is 9.59 Å². The summed E-state index contributed by atoms with van der Waals surface area (Å²) in [4.78, 5) is 25.4. The lowest BCUT2D eigenvalue weighted by Gasteiger charge is -2.61. The molecule has 4 rings (SSSR count). The molecule has 0 heterocycles. The quantitative estimate of drug-likeness (QED) is 0.127. The van der Waals surface area contributed by atoms with Crippen LogP contribution in [-0.4, -0.2) is 38.9 Å². The minimum atomic E-state index is -1.79. The fourth-order valence-corrected chi connectivity index (χ4v) is 11.7. The highest BCUT2D eigenvalue weighted by molar-refractivity contribution is 7.09. The molecule has 4 aliphatic carbocycles. The molecule has 44 heavy (non-hydrogen) atoms. The van der Waals surface area contributed by atoms with Crippen LogP contribution in [0.2, 0.25) is 18.1 Å². The molecule has 0 saturated heterocycles. The third-order valence-corrected chi connectivity index (χ3v) is 18.7. The third kappa shape index (κ3) is 7.00. The predicted octanol–water partition coefficient (Wildman–Crippen LogP) is 9.56. The number of carbonyl (C=O) groups is 2. The summed E-state index contributed by atoms with van der Waals surface area (Å²) in [5.74, 6) is 3.05. The Kier molecular flexibility index (Phi) is 11.1. The van der Waals surface area contributed by atoms with Crippen LogP contribution in [0.3, 0.4) is 0 Å². The van der Waals surface area contributed by atoms with Gasteiger partial charge in [-0.1, -0.05) is 61.0 Å². The van der Waals surface area contributed by atoms with E-state index in [2.05, 4.69) is 84.0 Å². The van der Waals surface area contributed by atoms with Gasteiger partial charge in [0.25, 0.3) is 0 Å². The van der Waals surface area contributed by atoms with E-state index < -0.39 is 8.32 Å². The van der Waals surface area contributed by atoms with Gasteiger partial charge in [0.1, 0.15) is 0 Å². The molecule has 0 aromatic heterocycles. The van der Waals surface area contributed by atoms with E-state index in [1.165, 1.54) is 51.0 Å². The number of hydrogen-bond acceptors (Lipinski definition) is 5. The fraction of sp³-hybridized carbons (Fsp3) is 0.892. The van der Waals surface area contributed by atoms with Gasteiger partial charge in [0.05, 0.1) is 12.7 Å². The SMILES string of the molecule is CC(=O)OCCC(CC(OP)C(C)C1=CC(=O)C2C3CCC4C[C@@H](O[Si](C)(C)C(C)(C)C)CC[C@]4(C)C3CC[C@]12C)C(C)C. The zero-order chi connectivity index (χ0) is 32.8. The Labute approximate surface area is 273 Å². The van der Waals surface area contributed by atoms with Crippen LogP contribution in [0.5, 0.6) is 0 Å². The molecule has 4 aliphatic rings. The maximum atomic E-state index is 14.0. The Balaban J connectivity index is 1.47. The van der Waals surface area contributed by atoms with Crippen molar-refractivity contribution in [3.63, 3.8) is 0 Å². The molecule has 0 aliphatic heterocycles. The Bertz CT molecular complexity index is 1080. The van der Waals surface area contributed by atoms with Crippen LogP contribution < -0.4 is 0 Å². The highest BCUT2D eigenvalue weighted by Gasteiger charge is 2.62. The number of fused-ring (bicyclic) bond motifs is 5. The van der Waals surface area contributed by atoms with Gasteiger partial charge in [-0.3, -0.25) is 9.59 Å². The van der Waals surface area contributed by atoms with Crippen LogP contribution in [0, 0.1) is 52.3 Å². The predicted molar refractivity (Wildman–Crippen MR) is 186 cm³/mol. The van der Waals surface area contributed by atoms with Crippen molar-refractivity contribution in [3.8, 4) is 0 Å². The summed E-state index contributed by atoms with van der Waals surface area (Å²) in [6, 6.07) is 0. The van der Waals surface area contributed by atoms with E-state index in [0.717, 1.165) is 19.3 Å². The molecule has 0 radical (unpaired) electrons. The zero-order valence-electron chi connectivity index (χ0n) is 30.0. The minimum absolute atomic E-state index is 0.00140. The van der Waals surface area contributed by atoms with Crippen LogP contribution in [-0.2, 0) is 23.3 Å². The van der Waals surface area contributed by atoms with Crippen LogP contribution in [0.15, 0.2) is 11.6 Å². The number of ketones is 1. The number of rotatable bonds is 11. The molecule has 252 valence electrons. The topological polar surface area (TPSA) is 61.8 Å². The molecular formula is C37H65O5PSi. The first-order valence-electron chi connectivity index (χ1n) is 17.8. The van der Waals surface area contributed by atoms with Crippen molar-refractivity contribution in [2.45, 2.75) is 150 Å². The van der Waals surface area contributed by atoms with Crippen molar-refractivity contribution >= 4 is 29.5 Å². The molecule has 0 bridgehead atoms. The smallest absolute Gasteiger partial charge is 0.302 e. The number of esters is 1. The second-order valence-electron chi connectivity index (χ2n) is 17.6. The van der Waals surface area contributed by atoms with Crippen molar-refractivity contribution in [1.82, 2.24) is 0 Å². The first-order chi connectivity index (χ1) is 20.4. The molecule has 8 unspecified atom stereocenters. The molecule has 11 atom stereocenters. The van der Waals surface area contributed by atoms with Crippen LogP contribution >= 0.6 is 9.47 Å². The molecular weight excluding hydrogens is 583 g/mol. The fourth-order valence-electron chi connectivity index (χ4n) is 9.99. The average Bonchev–Trinajstić information content (AvgIpc) is 3.19. The first kappa shape index (κ1) is 36.3. The highest BCUT2D eigenvalue weighted by atomic mass is 31.0. The summed E-state index contributed by atoms with van der Waals surface area (Å²) in [5, 5.41) is 0.240. The Hall–Kier alpha value is -0.553. The number of carbonyl (C=O) groups excluding carboxylic acids is 2. The summed E-state index contributed by atoms with van der Waals surface area (Å²) in [6.07, 6.45) is 12.5. The van der Waals surface area contributed by atoms with Gasteiger partial charge in [0.15, 0.2) is 14.1 Å². The van der Waals surface area contributed by atoms with Crippen LogP contribution in [0.25, 0.3) is 0 Å². The first-order valence-corrected chi connectivity index (χ1v) is 21.2. The van der Waals surface area contributed by atoms with Gasteiger partial charge < -0.3 is 13.7 Å². The molecule has 3 saturated carbocycles. The number of hydrogen-bond donors (Lipinski definition) is 0. The van der Waals surface area contributed by atoms with E-state index >= 15 is 0 Å². The van der Waals surface area contributed by atoms with Crippen LogP contribution in [0.1, 0.15) is 120 Å². The Morgan fingerprint density at radius 1 is 1.09 bits per heavy atom. The van der Waals surface area contributed by atoms with E-state index in [4.69, 9.17) is 13.7 Å². The van der Waals surface area contributed by atoms with Crippen molar-refractivity contribution < 1.29 is 23.3 Å². The zero-order valence-corrected chi connectivity index (χ0v) is 32.1. The lowest BCUT2D eigenvalue weighted by atomic mass is 9.44. The maximum Gasteiger partial charge on any atom is 0.302 e. The van der Waals surface area contributed by atoms with E-state index in [1.807, 2.05) is 0 Å². The Morgan fingerprint density at radius 2 is 1.77 bits per heavy atom. The molecule has 0 N–H and O–H groups in total. The largest absolute Gasteiger partial charge is 0.466 e. The van der Waals surface area contributed by atoms with Gasteiger partial charge in [-0.15, -0.1) is 0 Å². The van der Waals surface area contributed by atoms with Crippen molar-refractivity contribution in [3.05, 3.63) is 11.6 Å². The highest BCUT2D eigenvalue weighted by Crippen LogP contribution is 2.66. The van der Waals surface area contributed by atoms with Gasteiger partial charge in [-0.2, -0.15) is 0 Å². The summed E-state index contributed by atoms with van der Waals surface area (Å²) >= 11 is 0. The molecule has 0 aromatic rings. The van der Waals surface area contributed by atoms with Crippen molar-refractivity contribution in [2.24, 2.45) is 52.3 Å². The third-order valence-electron chi connectivity index (χ3n) is 13.8. The van der Waals surface area contributed by atoms with Gasteiger partial charge in [0.2, 0.25) is 0 Å². The van der Waals surface area contributed by atoms with Crippen LogP contribution in [0.4, 0.5) is 0 Å². The van der Waals surface area contributed by atoms with E-state index in [-0.39, 0.29) is 34.4 Å². The number of ether oxygens (including phenoxy) is 1. The monoisotopic (exact) mass is 648 g/mol. The summed E-state index contributed by atoms with van der Waals surface area (Å²) < 4.78 is 18.4. The minimum Gasteiger partial charge on any atom is -0.466 e. The normalized spacial score (nSPS) is 36.2. The molecule has 7 heteroatoms. The van der Waals surface area contributed by atoms with E-state index in [1.54, 1.807) is 0 Å². The molecule has 0 spiro atoms. The second kappa shape index (κ2) is 13.5. The van der Waals surface area contributed by atoms with Gasteiger partial charge >= 0.3 is 5.97 Å².